The molecule has 0 aromatic heterocycles. The van der Waals surface area contributed by atoms with E-state index in [1.54, 1.807) is 12.4 Å². The molecule has 0 heterocycles. The Balaban J connectivity index is 4.21. The van der Waals surface area contributed by atoms with Crippen LogP contribution >= 0.6 is 0 Å². The van der Waals surface area contributed by atoms with Crippen molar-refractivity contribution in [3.8, 4) is 0 Å². The Morgan fingerprint density at radius 1 is 1.12 bits per heavy atom. The van der Waals surface area contributed by atoms with Crippen LogP contribution in [0.3, 0.4) is 0 Å². The highest BCUT2D eigenvalue weighted by atomic mass is 16.3. The number of aliphatic hydroxyl groups excluding tert-OH is 2. The molecule has 0 aliphatic heterocycles. The van der Waals surface area contributed by atoms with Crippen molar-refractivity contribution in [2.75, 3.05) is 26.3 Å². The number of nitrogens with two attached hydrogens (primary N) is 1. The van der Waals surface area contributed by atoms with Crippen LogP contribution in [-0.4, -0.2) is 58.5 Å². The van der Waals surface area contributed by atoms with Gasteiger partial charge in [0.2, 0.25) is 0 Å². The van der Waals surface area contributed by atoms with Crippen LogP contribution in [0.25, 0.3) is 0 Å². The standard InChI is InChI=1S/C12H25N3O2/c1-4-11(16)8-14(5-2)10-15(6-3)9-12(17)7-13/h5-6,11-12,16-17H,2-4,7-10,13H2,1H3. The van der Waals surface area contributed by atoms with Gasteiger partial charge in [-0.25, -0.2) is 0 Å². The van der Waals surface area contributed by atoms with E-state index in [9.17, 15) is 10.2 Å². The second-order valence-electron chi connectivity index (χ2n) is 4.00. The lowest BCUT2D eigenvalue weighted by atomic mass is 10.2. The molecule has 0 fully saturated rings. The minimum absolute atomic E-state index is 0.218. The molecule has 0 bridgehead atoms. The van der Waals surface area contributed by atoms with Gasteiger partial charge in [-0.15, -0.1) is 0 Å². The van der Waals surface area contributed by atoms with Crippen LogP contribution in [0, 0.1) is 0 Å². The van der Waals surface area contributed by atoms with Crippen molar-refractivity contribution in [3.63, 3.8) is 0 Å². The van der Waals surface area contributed by atoms with Crippen LogP contribution in [0.2, 0.25) is 0 Å². The van der Waals surface area contributed by atoms with Gasteiger partial charge in [-0.1, -0.05) is 20.1 Å². The molecule has 5 heteroatoms. The normalized spacial score (nSPS) is 13.9. The Morgan fingerprint density at radius 3 is 1.94 bits per heavy atom. The van der Waals surface area contributed by atoms with E-state index >= 15 is 0 Å². The number of hydrogen-bond donors (Lipinski definition) is 3. The molecule has 0 spiro atoms. The molecule has 17 heavy (non-hydrogen) atoms. The first kappa shape index (κ1) is 16.0. The number of hydrogen-bond acceptors (Lipinski definition) is 5. The number of aliphatic hydroxyl groups is 2. The van der Waals surface area contributed by atoms with Gasteiger partial charge in [0.05, 0.1) is 18.9 Å². The van der Waals surface area contributed by atoms with Crippen molar-refractivity contribution in [2.45, 2.75) is 25.6 Å². The van der Waals surface area contributed by atoms with Crippen LogP contribution in [0.15, 0.2) is 25.6 Å². The summed E-state index contributed by atoms with van der Waals surface area (Å²) in [5, 5.41) is 19.0. The first-order valence-electron chi connectivity index (χ1n) is 5.86. The first-order valence-corrected chi connectivity index (χ1v) is 5.86. The maximum atomic E-state index is 9.57. The largest absolute Gasteiger partial charge is 0.391 e. The van der Waals surface area contributed by atoms with Crippen molar-refractivity contribution in [3.05, 3.63) is 25.6 Å². The first-order chi connectivity index (χ1) is 8.07. The Morgan fingerprint density at radius 2 is 1.59 bits per heavy atom. The Labute approximate surface area is 104 Å². The van der Waals surface area contributed by atoms with Gasteiger partial charge in [0.1, 0.15) is 0 Å². The molecule has 0 aromatic rings. The van der Waals surface area contributed by atoms with E-state index < -0.39 is 6.10 Å². The zero-order chi connectivity index (χ0) is 13.3. The van der Waals surface area contributed by atoms with Gasteiger partial charge < -0.3 is 25.7 Å². The van der Waals surface area contributed by atoms with Crippen molar-refractivity contribution in [1.29, 1.82) is 0 Å². The molecule has 0 aliphatic carbocycles. The zero-order valence-corrected chi connectivity index (χ0v) is 10.6. The average Bonchev–Trinajstić information content (AvgIpc) is 2.36. The smallest absolute Gasteiger partial charge is 0.0894 e. The maximum Gasteiger partial charge on any atom is 0.0894 e. The van der Waals surface area contributed by atoms with E-state index in [1.807, 2.05) is 16.7 Å². The van der Waals surface area contributed by atoms with Crippen molar-refractivity contribution in [2.24, 2.45) is 5.73 Å². The minimum Gasteiger partial charge on any atom is -0.391 e. The summed E-state index contributed by atoms with van der Waals surface area (Å²) in [6.45, 7) is 11.0. The molecular weight excluding hydrogens is 218 g/mol. The topological polar surface area (TPSA) is 73.0 Å². The molecule has 0 rings (SSSR count). The lowest BCUT2D eigenvalue weighted by Crippen LogP contribution is -2.40. The van der Waals surface area contributed by atoms with Crippen molar-refractivity contribution in [1.82, 2.24) is 9.80 Å². The fourth-order valence-electron chi connectivity index (χ4n) is 1.36. The van der Waals surface area contributed by atoms with E-state index in [0.717, 1.165) is 0 Å². The quantitative estimate of drug-likeness (QED) is 0.468. The predicted molar refractivity (Wildman–Crippen MR) is 70.0 cm³/mol. The van der Waals surface area contributed by atoms with E-state index in [1.165, 1.54) is 0 Å². The fourth-order valence-corrected chi connectivity index (χ4v) is 1.36. The van der Waals surface area contributed by atoms with Gasteiger partial charge >= 0.3 is 0 Å². The summed E-state index contributed by atoms with van der Waals surface area (Å²) >= 11 is 0. The molecule has 2 unspecified atom stereocenters. The molecule has 100 valence electrons. The third kappa shape index (κ3) is 6.99. The third-order valence-electron chi connectivity index (χ3n) is 2.51. The predicted octanol–water partition coefficient (Wildman–Crippen LogP) is -0.0746. The zero-order valence-electron chi connectivity index (χ0n) is 10.6. The van der Waals surface area contributed by atoms with Gasteiger partial charge in [-0.05, 0) is 18.8 Å². The average molecular weight is 243 g/mol. The van der Waals surface area contributed by atoms with Crippen LogP contribution < -0.4 is 5.73 Å². The van der Waals surface area contributed by atoms with Gasteiger partial charge in [0, 0.05) is 19.6 Å². The molecule has 4 N–H and O–H groups in total. The van der Waals surface area contributed by atoms with E-state index in [4.69, 9.17) is 5.73 Å². The summed E-state index contributed by atoms with van der Waals surface area (Å²) in [5.41, 5.74) is 5.36. The summed E-state index contributed by atoms with van der Waals surface area (Å²) in [6.07, 6.45) is 3.07. The van der Waals surface area contributed by atoms with Gasteiger partial charge in [-0.3, -0.25) is 0 Å². The highest BCUT2D eigenvalue weighted by Gasteiger charge is 2.11. The molecule has 2 atom stereocenters. The van der Waals surface area contributed by atoms with Crippen molar-refractivity contribution >= 4 is 0 Å². The van der Waals surface area contributed by atoms with Crippen LogP contribution in [0.1, 0.15) is 13.3 Å². The lowest BCUT2D eigenvalue weighted by molar-refractivity contribution is 0.0875. The van der Waals surface area contributed by atoms with Gasteiger partial charge in [0.25, 0.3) is 0 Å². The molecule has 5 nitrogen and oxygen atoms in total. The Kier molecular flexibility index (Phi) is 8.49. The van der Waals surface area contributed by atoms with Crippen LogP contribution in [-0.2, 0) is 0 Å². The number of rotatable bonds is 10. The van der Waals surface area contributed by atoms with Crippen molar-refractivity contribution < 1.29 is 10.2 Å². The molecule has 0 aromatic carbocycles. The highest BCUT2D eigenvalue weighted by Crippen LogP contribution is 2.01. The molecule has 0 saturated heterocycles. The fraction of sp³-hybridized carbons (Fsp3) is 0.667. The molecular formula is C12H25N3O2. The van der Waals surface area contributed by atoms with Crippen LogP contribution in [0.5, 0.6) is 0 Å². The SMILES string of the molecule is C=CN(CC(O)CC)CN(C=C)CC(O)CN. The van der Waals surface area contributed by atoms with E-state index in [0.29, 0.717) is 26.2 Å². The van der Waals surface area contributed by atoms with Gasteiger partial charge in [-0.2, -0.15) is 0 Å². The summed E-state index contributed by atoms with van der Waals surface area (Å²) in [4.78, 5) is 3.71. The summed E-state index contributed by atoms with van der Waals surface area (Å²) < 4.78 is 0. The molecule has 0 saturated carbocycles. The summed E-state index contributed by atoms with van der Waals surface area (Å²) in [6, 6.07) is 0. The second-order valence-corrected chi connectivity index (χ2v) is 4.00. The minimum atomic E-state index is -0.573. The van der Waals surface area contributed by atoms with E-state index in [2.05, 4.69) is 13.2 Å². The summed E-state index contributed by atoms with van der Waals surface area (Å²) in [5.74, 6) is 0. The molecule has 0 aliphatic rings. The lowest BCUT2D eigenvalue weighted by Gasteiger charge is -2.30. The highest BCUT2D eigenvalue weighted by molar-refractivity contribution is 4.80. The van der Waals surface area contributed by atoms with E-state index in [-0.39, 0.29) is 12.6 Å². The Hall–Kier alpha value is -1.04. The third-order valence-corrected chi connectivity index (χ3v) is 2.51. The van der Waals surface area contributed by atoms with Gasteiger partial charge in [0.15, 0.2) is 0 Å². The maximum absolute atomic E-state index is 9.57. The second kappa shape index (κ2) is 9.04. The molecule has 0 amide bonds. The monoisotopic (exact) mass is 243 g/mol. The summed E-state index contributed by atoms with van der Waals surface area (Å²) in [7, 11) is 0. The van der Waals surface area contributed by atoms with Crippen LogP contribution in [0.4, 0.5) is 0 Å². The molecule has 0 radical (unpaired) electrons. The Bertz CT molecular complexity index is 202. The number of nitrogens with zero attached hydrogens (tertiary/aromatic N) is 2.